The maximum Gasteiger partial charge on any atom is 0.416 e. The third-order valence-corrected chi connectivity index (χ3v) is 8.94. The Kier molecular flexibility index (Phi) is 10.8. The topological polar surface area (TPSA) is 59.1 Å². The molecule has 1 aliphatic heterocycles. The van der Waals surface area contributed by atoms with E-state index in [1.807, 2.05) is 11.8 Å². The van der Waals surface area contributed by atoms with Gasteiger partial charge in [-0.05, 0) is 92.1 Å². The largest absolute Gasteiger partial charge is 0.469 e. The van der Waals surface area contributed by atoms with Crippen molar-refractivity contribution in [2.75, 3.05) is 20.2 Å². The highest BCUT2D eigenvalue weighted by Gasteiger charge is 2.44. The zero-order valence-electron chi connectivity index (χ0n) is 25.9. The minimum Gasteiger partial charge on any atom is -0.469 e. The van der Waals surface area contributed by atoms with Crippen LogP contribution in [0.2, 0.25) is 0 Å². The molecular formula is C32H35F9N2O4. The number of rotatable bonds is 9. The van der Waals surface area contributed by atoms with E-state index in [4.69, 9.17) is 9.47 Å². The van der Waals surface area contributed by atoms with Crippen molar-refractivity contribution in [1.29, 1.82) is 0 Å². The molecule has 1 aliphatic carbocycles. The number of amides is 1. The molecule has 2 aromatic rings. The Morgan fingerprint density at radius 3 is 1.96 bits per heavy atom. The summed E-state index contributed by atoms with van der Waals surface area (Å²) in [6.45, 7) is 4.16. The lowest BCUT2D eigenvalue weighted by Crippen LogP contribution is -2.34. The van der Waals surface area contributed by atoms with Crippen LogP contribution in [0.4, 0.5) is 44.3 Å². The van der Waals surface area contributed by atoms with Gasteiger partial charge in [-0.3, -0.25) is 14.6 Å². The van der Waals surface area contributed by atoms with Crippen molar-refractivity contribution in [2.45, 2.75) is 83.3 Å². The number of methoxy groups -OCH3 is 1. The van der Waals surface area contributed by atoms with Gasteiger partial charge in [0, 0.05) is 19.6 Å². The molecule has 4 rings (SSSR count). The predicted molar refractivity (Wildman–Crippen MR) is 151 cm³/mol. The molecule has 2 aliphatic rings. The molecule has 6 nitrogen and oxygen atoms in total. The maximum atomic E-state index is 13.7. The number of nitrogens with zero attached hydrogens (tertiary/aromatic N) is 2. The molecule has 1 saturated heterocycles. The van der Waals surface area contributed by atoms with E-state index in [1.165, 1.54) is 20.1 Å². The number of ether oxygens (including phenoxy) is 2. The predicted octanol–water partition coefficient (Wildman–Crippen LogP) is 8.63. The quantitative estimate of drug-likeness (QED) is 0.196. The normalized spacial score (nSPS) is 22.5. The maximum absolute atomic E-state index is 13.7. The molecule has 47 heavy (non-hydrogen) atoms. The number of alkyl halides is 9. The molecule has 15 heteroatoms. The first-order valence-corrected chi connectivity index (χ1v) is 15.1. The molecule has 1 heterocycles. The summed E-state index contributed by atoms with van der Waals surface area (Å²) in [5, 5.41) is 0. The fourth-order valence-electron chi connectivity index (χ4n) is 6.25. The van der Waals surface area contributed by atoms with Gasteiger partial charge < -0.3 is 9.47 Å². The van der Waals surface area contributed by atoms with Crippen LogP contribution >= 0.6 is 0 Å². The van der Waals surface area contributed by atoms with Crippen molar-refractivity contribution in [2.24, 2.45) is 11.8 Å². The highest BCUT2D eigenvalue weighted by atomic mass is 19.4. The van der Waals surface area contributed by atoms with E-state index in [0.717, 1.165) is 29.9 Å². The summed E-state index contributed by atoms with van der Waals surface area (Å²) < 4.78 is 132. The van der Waals surface area contributed by atoms with Crippen molar-refractivity contribution in [3.8, 4) is 0 Å². The van der Waals surface area contributed by atoms with Crippen LogP contribution < -0.4 is 0 Å². The lowest BCUT2D eigenvalue weighted by Gasteiger charge is -2.32. The average molecular weight is 683 g/mol. The van der Waals surface area contributed by atoms with Gasteiger partial charge in [0.05, 0.1) is 35.8 Å². The van der Waals surface area contributed by atoms with E-state index in [-0.39, 0.29) is 36.0 Å². The van der Waals surface area contributed by atoms with Gasteiger partial charge in [-0.25, -0.2) is 4.79 Å². The minimum atomic E-state index is -5.12. The van der Waals surface area contributed by atoms with Crippen LogP contribution in [0.3, 0.4) is 0 Å². The molecule has 2 aromatic carbocycles. The average Bonchev–Trinajstić information content (AvgIpc) is 3.28. The van der Waals surface area contributed by atoms with Gasteiger partial charge in [0.1, 0.15) is 6.10 Å². The minimum absolute atomic E-state index is 0.0398. The molecule has 0 bridgehead atoms. The fraction of sp³-hybridized carbons (Fsp3) is 0.562. The third kappa shape index (κ3) is 8.71. The second kappa shape index (κ2) is 13.9. The molecule has 1 amide bonds. The Labute approximate surface area is 265 Å². The SMILES string of the molecule is CCN(Cc1ccc(C(F)(F)F)cc1CN1C(=O)O[C@H](c2cc(C(F)(F)F)cc(C(F)(F)F)c2)[C@@H]1C)C[C@H]1CC[C@H](C(=O)OC)CC1. The molecular weight excluding hydrogens is 647 g/mol. The van der Waals surface area contributed by atoms with Crippen LogP contribution in [0, 0.1) is 11.8 Å². The van der Waals surface area contributed by atoms with E-state index in [0.29, 0.717) is 43.6 Å². The number of esters is 1. The lowest BCUT2D eigenvalue weighted by atomic mass is 9.81. The fourth-order valence-corrected chi connectivity index (χ4v) is 6.25. The van der Waals surface area contributed by atoms with Crippen LogP contribution in [-0.4, -0.2) is 48.1 Å². The summed E-state index contributed by atoms with van der Waals surface area (Å²) >= 11 is 0. The number of benzene rings is 2. The Balaban J connectivity index is 1.58. The lowest BCUT2D eigenvalue weighted by molar-refractivity contribution is -0.147. The molecule has 0 N–H and O–H groups in total. The second-order valence-corrected chi connectivity index (χ2v) is 12.1. The zero-order valence-corrected chi connectivity index (χ0v) is 25.9. The summed E-state index contributed by atoms with van der Waals surface area (Å²) in [7, 11) is 1.34. The van der Waals surface area contributed by atoms with Crippen molar-refractivity contribution >= 4 is 12.1 Å². The van der Waals surface area contributed by atoms with Gasteiger partial charge in [0.2, 0.25) is 0 Å². The van der Waals surface area contributed by atoms with Gasteiger partial charge in [-0.15, -0.1) is 0 Å². The van der Waals surface area contributed by atoms with E-state index >= 15 is 0 Å². The first-order chi connectivity index (χ1) is 21.8. The van der Waals surface area contributed by atoms with Crippen molar-refractivity contribution in [3.63, 3.8) is 0 Å². The number of hydrogen-bond donors (Lipinski definition) is 0. The van der Waals surface area contributed by atoms with E-state index < -0.39 is 65.6 Å². The molecule has 2 fully saturated rings. The summed E-state index contributed by atoms with van der Waals surface area (Å²) in [5.74, 6) is -0.192. The van der Waals surface area contributed by atoms with Crippen molar-refractivity contribution in [1.82, 2.24) is 9.80 Å². The second-order valence-electron chi connectivity index (χ2n) is 12.1. The Hall–Kier alpha value is -3.49. The molecule has 1 saturated carbocycles. The number of halogens is 9. The van der Waals surface area contributed by atoms with E-state index in [9.17, 15) is 49.1 Å². The van der Waals surface area contributed by atoms with Crippen LogP contribution in [0.15, 0.2) is 36.4 Å². The van der Waals surface area contributed by atoms with Gasteiger partial charge in [-0.2, -0.15) is 39.5 Å². The number of carbonyl (C=O) groups is 2. The zero-order chi connectivity index (χ0) is 34.9. The standard InChI is InChI=1S/C32H35F9N2O4/c1-4-42(15-19-5-7-20(8-6-19)28(44)46-3)16-21-9-10-24(30(33,34)35)13-23(21)17-43-18(2)27(47-29(43)45)22-11-25(31(36,37)38)14-26(12-22)32(39,40)41/h9-14,18-20,27H,4-8,15-17H2,1-3H3/t18-,19-,20-,27-/m0/s1. The van der Waals surface area contributed by atoms with Crippen molar-refractivity contribution in [3.05, 3.63) is 69.8 Å². The Morgan fingerprint density at radius 1 is 0.872 bits per heavy atom. The highest BCUT2D eigenvalue weighted by molar-refractivity contribution is 5.72. The van der Waals surface area contributed by atoms with Crippen LogP contribution in [0.5, 0.6) is 0 Å². The summed E-state index contributed by atoms with van der Waals surface area (Å²) in [6.07, 6.45) is -14.8. The van der Waals surface area contributed by atoms with Crippen LogP contribution in [0.25, 0.3) is 0 Å². The first kappa shape index (κ1) is 36.3. The first-order valence-electron chi connectivity index (χ1n) is 15.1. The van der Waals surface area contributed by atoms with Gasteiger partial charge in [-0.1, -0.05) is 13.0 Å². The van der Waals surface area contributed by atoms with Gasteiger partial charge in [0.25, 0.3) is 0 Å². The summed E-state index contributed by atoms with van der Waals surface area (Å²) in [5.41, 5.74) is -4.11. The number of cyclic esters (lactones) is 1. The molecule has 0 radical (unpaired) electrons. The van der Waals surface area contributed by atoms with Gasteiger partial charge in [0.15, 0.2) is 0 Å². The van der Waals surface area contributed by atoms with Gasteiger partial charge >= 0.3 is 30.6 Å². The summed E-state index contributed by atoms with van der Waals surface area (Å²) in [4.78, 5) is 27.9. The van der Waals surface area contributed by atoms with Crippen LogP contribution in [-0.2, 0) is 45.9 Å². The van der Waals surface area contributed by atoms with E-state index in [2.05, 4.69) is 0 Å². The van der Waals surface area contributed by atoms with Crippen LogP contribution in [0.1, 0.15) is 79.0 Å². The third-order valence-electron chi connectivity index (χ3n) is 8.94. The monoisotopic (exact) mass is 682 g/mol. The van der Waals surface area contributed by atoms with E-state index in [1.54, 1.807) is 0 Å². The Morgan fingerprint density at radius 2 is 1.45 bits per heavy atom. The molecule has 0 aromatic heterocycles. The molecule has 0 spiro atoms. The summed E-state index contributed by atoms with van der Waals surface area (Å²) in [6, 6.07) is 2.90. The Bertz CT molecular complexity index is 1400. The number of hydrogen-bond acceptors (Lipinski definition) is 5. The highest BCUT2D eigenvalue weighted by Crippen LogP contribution is 2.42. The molecule has 2 atom stereocenters. The molecule has 0 unspecified atom stereocenters. The number of carbonyl (C=O) groups excluding carboxylic acids is 2. The van der Waals surface area contributed by atoms with Crippen molar-refractivity contribution < 1.29 is 58.6 Å². The smallest absolute Gasteiger partial charge is 0.416 e. The molecule has 260 valence electrons.